The lowest BCUT2D eigenvalue weighted by Gasteiger charge is -1.94. The molecule has 0 aliphatic heterocycles. The normalized spacial score (nSPS) is 9.09. The molecule has 1 aromatic heterocycles. The van der Waals surface area contributed by atoms with E-state index in [0.717, 1.165) is 0 Å². The van der Waals surface area contributed by atoms with Crippen LogP contribution in [0.15, 0.2) is 22.2 Å². The Morgan fingerprint density at radius 2 is 2.64 bits per heavy atom. The molecule has 0 saturated heterocycles. The van der Waals surface area contributed by atoms with Crippen molar-refractivity contribution in [2.24, 2.45) is 5.11 Å². The third-order valence-electron chi connectivity index (χ3n) is 1.21. The fourth-order valence-corrected chi connectivity index (χ4v) is 0.716. The lowest BCUT2D eigenvalue weighted by Crippen LogP contribution is -2.17. The van der Waals surface area contributed by atoms with Crippen LogP contribution in [0.2, 0.25) is 0 Å². The molecule has 0 spiro atoms. The number of hydrogen-bond donors (Lipinski definition) is 1. The van der Waals surface area contributed by atoms with Crippen LogP contribution in [0.5, 0.6) is 0 Å². The van der Waals surface area contributed by atoms with Gasteiger partial charge in [0.1, 0.15) is 0 Å². The number of H-pyrrole nitrogens is 1. The second-order valence-electron chi connectivity index (χ2n) is 1.91. The van der Waals surface area contributed by atoms with Gasteiger partial charge in [-0.15, -0.1) is 0 Å². The molecule has 0 aliphatic rings. The summed E-state index contributed by atoms with van der Waals surface area (Å²) in [5.74, 6) is 0. The van der Waals surface area contributed by atoms with Gasteiger partial charge in [-0.05, 0) is 5.53 Å². The van der Waals surface area contributed by atoms with Crippen molar-refractivity contribution >= 4 is 0 Å². The number of hydrogen-bond acceptors (Lipinski definition) is 2. The van der Waals surface area contributed by atoms with Gasteiger partial charge in [-0.1, -0.05) is 5.11 Å². The summed E-state index contributed by atoms with van der Waals surface area (Å²) in [6.45, 7) is 0.687. The Hall–Kier alpha value is -1.68. The van der Waals surface area contributed by atoms with Crippen molar-refractivity contribution in [3.05, 3.63) is 33.1 Å². The SMILES string of the molecule is [N-]=[N+]=NCCn1[nH]ccc1=O. The van der Waals surface area contributed by atoms with Gasteiger partial charge in [0.05, 0.1) is 0 Å². The lowest BCUT2D eigenvalue weighted by atomic mass is 10.6. The molecule has 0 saturated carbocycles. The zero-order chi connectivity index (χ0) is 8.10. The number of nitrogens with one attached hydrogen (secondary N) is 1. The summed E-state index contributed by atoms with van der Waals surface area (Å²) in [6.07, 6.45) is 1.54. The number of aromatic nitrogens is 2. The average Bonchev–Trinajstić information content (AvgIpc) is 2.37. The first-order chi connectivity index (χ1) is 5.34. The van der Waals surface area contributed by atoms with Crippen LogP contribution >= 0.6 is 0 Å². The molecular formula is C5H7N5O. The monoisotopic (exact) mass is 153 g/mol. The Balaban J connectivity index is 2.57. The van der Waals surface area contributed by atoms with Gasteiger partial charge in [0, 0.05) is 30.3 Å². The molecule has 1 rings (SSSR count). The Labute approximate surface area is 62.1 Å². The predicted octanol–water partition coefficient (Wildman–Crippen LogP) is 0.487. The molecular weight excluding hydrogens is 146 g/mol. The van der Waals surface area contributed by atoms with Gasteiger partial charge >= 0.3 is 0 Å². The molecule has 0 amide bonds. The van der Waals surface area contributed by atoms with Crippen LogP contribution in [-0.2, 0) is 6.54 Å². The van der Waals surface area contributed by atoms with Crippen molar-refractivity contribution in [2.75, 3.05) is 6.54 Å². The zero-order valence-electron chi connectivity index (χ0n) is 5.77. The van der Waals surface area contributed by atoms with Crippen LogP contribution in [-0.4, -0.2) is 16.3 Å². The van der Waals surface area contributed by atoms with Crippen LogP contribution in [0.1, 0.15) is 0 Å². The van der Waals surface area contributed by atoms with E-state index in [1.165, 1.54) is 10.7 Å². The molecule has 0 aromatic carbocycles. The summed E-state index contributed by atoms with van der Waals surface area (Å²) in [6, 6.07) is 1.41. The van der Waals surface area contributed by atoms with Crippen LogP contribution in [0, 0.1) is 0 Å². The molecule has 1 N–H and O–H groups in total. The van der Waals surface area contributed by atoms with Crippen LogP contribution < -0.4 is 5.56 Å². The fourth-order valence-electron chi connectivity index (χ4n) is 0.716. The Kier molecular flexibility index (Phi) is 2.35. The minimum atomic E-state index is -0.113. The molecule has 58 valence electrons. The minimum Gasteiger partial charge on any atom is -0.303 e. The highest BCUT2D eigenvalue weighted by atomic mass is 16.1. The molecule has 0 unspecified atom stereocenters. The van der Waals surface area contributed by atoms with Gasteiger partial charge in [-0.25, -0.2) is 0 Å². The van der Waals surface area contributed by atoms with E-state index in [2.05, 4.69) is 15.1 Å². The first-order valence-electron chi connectivity index (χ1n) is 3.09. The number of rotatable bonds is 3. The molecule has 11 heavy (non-hydrogen) atoms. The third kappa shape index (κ3) is 1.87. The molecule has 0 atom stereocenters. The van der Waals surface area contributed by atoms with Crippen molar-refractivity contribution in [1.29, 1.82) is 0 Å². The molecule has 0 fully saturated rings. The zero-order valence-corrected chi connectivity index (χ0v) is 5.77. The molecule has 1 aromatic rings. The second-order valence-corrected chi connectivity index (χ2v) is 1.91. The maximum absolute atomic E-state index is 10.8. The average molecular weight is 153 g/mol. The lowest BCUT2D eigenvalue weighted by molar-refractivity contribution is 0.605. The summed E-state index contributed by atoms with van der Waals surface area (Å²) in [7, 11) is 0. The predicted molar refractivity (Wildman–Crippen MR) is 39.1 cm³/mol. The van der Waals surface area contributed by atoms with Crippen LogP contribution in [0.25, 0.3) is 10.4 Å². The Morgan fingerprint density at radius 3 is 3.18 bits per heavy atom. The topological polar surface area (TPSA) is 86.6 Å². The Bertz CT molecular complexity index is 318. The van der Waals surface area contributed by atoms with Gasteiger partial charge < -0.3 is 5.10 Å². The van der Waals surface area contributed by atoms with Crippen molar-refractivity contribution < 1.29 is 0 Å². The van der Waals surface area contributed by atoms with E-state index in [0.29, 0.717) is 6.54 Å². The molecule has 6 nitrogen and oxygen atoms in total. The van der Waals surface area contributed by atoms with Crippen molar-refractivity contribution in [2.45, 2.75) is 6.54 Å². The minimum absolute atomic E-state index is 0.113. The van der Waals surface area contributed by atoms with E-state index >= 15 is 0 Å². The van der Waals surface area contributed by atoms with Gasteiger partial charge in [0.15, 0.2) is 0 Å². The highest BCUT2D eigenvalue weighted by molar-refractivity contribution is 4.79. The quantitative estimate of drug-likeness (QED) is 0.382. The summed E-state index contributed by atoms with van der Waals surface area (Å²) in [5.41, 5.74) is 7.81. The number of azide groups is 1. The summed E-state index contributed by atoms with van der Waals surface area (Å²) in [5, 5.41) is 5.97. The van der Waals surface area contributed by atoms with E-state index in [9.17, 15) is 4.79 Å². The first kappa shape index (κ1) is 7.43. The molecule has 0 radical (unpaired) electrons. The molecule has 0 bridgehead atoms. The van der Waals surface area contributed by atoms with Crippen LogP contribution in [0.4, 0.5) is 0 Å². The van der Waals surface area contributed by atoms with E-state index in [1.54, 1.807) is 6.20 Å². The first-order valence-corrected chi connectivity index (χ1v) is 3.09. The largest absolute Gasteiger partial charge is 0.303 e. The standard InChI is InChI=1S/C5H7N5O/c6-9-7-3-4-10-5(11)1-2-8-10/h1-2,8H,3-4H2. The maximum Gasteiger partial charge on any atom is 0.266 e. The van der Waals surface area contributed by atoms with Crippen molar-refractivity contribution in [3.63, 3.8) is 0 Å². The van der Waals surface area contributed by atoms with Gasteiger partial charge in [0.2, 0.25) is 0 Å². The summed E-state index contributed by atoms with van der Waals surface area (Å²) in [4.78, 5) is 13.4. The summed E-state index contributed by atoms with van der Waals surface area (Å²) < 4.78 is 1.37. The fraction of sp³-hybridized carbons (Fsp3) is 0.400. The molecule has 0 aliphatic carbocycles. The second kappa shape index (κ2) is 3.48. The van der Waals surface area contributed by atoms with E-state index in [4.69, 9.17) is 5.53 Å². The van der Waals surface area contributed by atoms with Crippen LogP contribution in [0.3, 0.4) is 0 Å². The van der Waals surface area contributed by atoms with Crippen molar-refractivity contribution in [1.82, 2.24) is 9.78 Å². The van der Waals surface area contributed by atoms with E-state index in [1.807, 2.05) is 0 Å². The van der Waals surface area contributed by atoms with E-state index < -0.39 is 0 Å². The van der Waals surface area contributed by atoms with Gasteiger partial charge in [0.25, 0.3) is 5.56 Å². The Morgan fingerprint density at radius 1 is 1.82 bits per heavy atom. The highest BCUT2D eigenvalue weighted by Crippen LogP contribution is 1.78. The highest BCUT2D eigenvalue weighted by Gasteiger charge is 1.91. The maximum atomic E-state index is 10.8. The summed E-state index contributed by atoms with van der Waals surface area (Å²) >= 11 is 0. The van der Waals surface area contributed by atoms with Gasteiger partial charge in [-0.3, -0.25) is 9.48 Å². The number of aromatic amines is 1. The molecule has 1 heterocycles. The van der Waals surface area contributed by atoms with Gasteiger partial charge in [-0.2, -0.15) is 0 Å². The van der Waals surface area contributed by atoms with Crippen molar-refractivity contribution in [3.8, 4) is 0 Å². The smallest absolute Gasteiger partial charge is 0.266 e. The molecule has 6 heteroatoms. The van der Waals surface area contributed by atoms with E-state index in [-0.39, 0.29) is 12.1 Å². The number of nitrogens with zero attached hydrogens (tertiary/aromatic N) is 4. The third-order valence-corrected chi connectivity index (χ3v) is 1.21.